The SMILES string of the molecule is COc1cc(C=CC(=O)N2CCN(Cc3ccc(F)cc3)CC2C)c(N)cc1Cl. The summed E-state index contributed by atoms with van der Waals surface area (Å²) in [6.45, 7) is 4.92. The van der Waals surface area contributed by atoms with Gasteiger partial charge in [0, 0.05) is 49.5 Å². The molecule has 2 N–H and O–H groups in total. The van der Waals surface area contributed by atoms with E-state index in [9.17, 15) is 9.18 Å². The van der Waals surface area contributed by atoms with E-state index in [1.54, 1.807) is 30.3 Å². The molecule has 1 amide bonds. The van der Waals surface area contributed by atoms with Crippen LogP contribution < -0.4 is 10.5 Å². The minimum atomic E-state index is -0.233. The number of rotatable bonds is 5. The number of ether oxygens (including phenoxy) is 1. The molecule has 5 nitrogen and oxygen atoms in total. The number of anilines is 1. The van der Waals surface area contributed by atoms with Crippen LogP contribution in [-0.4, -0.2) is 48.5 Å². The molecule has 0 radical (unpaired) electrons. The van der Waals surface area contributed by atoms with Crippen molar-refractivity contribution in [3.05, 3.63) is 64.4 Å². The van der Waals surface area contributed by atoms with Gasteiger partial charge in [-0.2, -0.15) is 0 Å². The lowest BCUT2D eigenvalue weighted by molar-refractivity contribution is -0.130. The van der Waals surface area contributed by atoms with Gasteiger partial charge < -0.3 is 15.4 Å². The first kappa shape index (κ1) is 21.1. The predicted octanol–water partition coefficient (Wildman–Crippen LogP) is 3.82. The van der Waals surface area contributed by atoms with Crippen LogP contribution in [0.1, 0.15) is 18.1 Å². The van der Waals surface area contributed by atoms with Crippen LogP contribution in [0, 0.1) is 5.82 Å². The Bertz CT molecular complexity index is 902. The Morgan fingerprint density at radius 1 is 1.31 bits per heavy atom. The van der Waals surface area contributed by atoms with Gasteiger partial charge in [-0.1, -0.05) is 23.7 Å². The molecule has 0 aliphatic carbocycles. The smallest absolute Gasteiger partial charge is 0.246 e. The molecule has 0 spiro atoms. The van der Waals surface area contributed by atoms with Gasteiger partial charge in [-0.3, -0.25) is 9.69 Å². The third-order valence-corrected chi connectivity index (χ3v) is 5.37. The third kappa shape index (κ3) is 5.28. The molecular weight excluding hydrogens is 393 g/mol. The van der Waals surface area contributed by atoms with Gasteiger partial charge in [0.05, 0.1) is 12.1 Å². The zero-order valence-corrected chi connectivity index (χ0v) is 17.3. The Hall–Kier alpha value is -2.57. The lowest BCUT2D eigenvalue weighted by Gasteiger charge is -2.39. The van der Waals surface area contributed by atoms with Gasteiger partial charge in [-0.05, 0) is 42.8 Å². The summed E-state index contributed by atoms with van der Waals surface area (Å²) in [6, 6.07) is 9.93. The number of nitrogens with zero attached hydrogens (tertiary/aromatic N) is 2. The Morgan fingerprint density at radius 2 is 2.03 bits per heavy atom. The summed E-state index contributed by atoms with van der Waals surface area (Å²) in [7, 11) is 1.53. The van der Waals surface area contributed by atoms with E-state index in [1.807, 2.05) is 11.8 Å². The third-order valence-electron chi connectivity index (χ3n) is 5.08. The minimum Gasteiger partial charge on any atom is -0.495 e. The van der Waals surface area contributed by atoms with Crippen LogP contribution in [0.4, 0.5) is 10.1 Å². The van der Waals surface area contributed by atoms with Gasteiger partial charge in [0.2, 0.25) is 5.91 Å². The summed E-state index contributed by atoms with van der Waals surface area (Å²) in [5.74, 6) is 0.214. The van der Waals surface area contributed by atoms with Crippen LogP contribution in [0.15, 0.2) is 42.5 Å². The highest BCUT2D eigenvalue weighted by molar-refractivity contribution is 6.32. The number of amides is 1. The fraction of sp³-hybridized carbons (Fsp3) is 0.318. The molecule has 0 aromatic heterocycles. The molecule has 1 aliphatic rings. The van der Waals surface area contributed by atoms with Crippen LogP contribution in [0.25, 0.3) is 6.08 Å². The number of methoxy groups -OCH3 is 1. The number of carbonyl (C=O) groups is 1. The van der Waals surface area contributed by atoms with Gasteiger partial charge in [-0.25, -0.2) is 4.39 Å². The Labute approximate surface area is 175 Å². The monoisotopic (exact) mass is 417 g/mol. The molecule has 0 saturated carbocycles. The number of carbonyl (C=O) groups excluding carboxylic acids is 1. The second kappa shape index (κ2) is 9.29. The molecule has 1 heterocycles. The lowest BCUT2D eigenvalue weighted by Crippen LogP contribution is -2.53. The average molecular weight is 418 g/mol. The van der Waals surface area contributed by atoms with Gasteiger partial charge in [0.25, 0.3) is 0 Å². The van der Waals surface area contributed by atoms with Crippen molar-refractivity contribution in [3.63, 3.8) is 0 Å². The summed E-state index contributed by atoms with van der Waals surface area (Å²) in [6.07, 6.45) is 3.22. The highest BCUT2D eigenvalue weighted by Gasteiger charge is 2.26. The molecule has 3 rings (SSSR count). The molecule has 2 aromatic carbocycles. The number of benzene rings is 2. The van der Waals surface area contributed by atoms with Crippen molar-refractivity contribution >= 4 is 29.3 Å². The van der Waals surface area contributed by atoms with E-state index in [-0.39, 0.29) is 17.8 Å². The van der Waals surface area contributed by atoms with E-state index in [4.69, 9.17) is 22.1 Å². The normalized spacial score (nSPS) is 17.7. The average Bonchev–Trinajstić information content (AvgIpc) is 2.69. The van der Waals surface area contributed by atoms with Crippen molar-refractivity contribution in [3.8, 4) is 5.75 Å². The number of nitrogens with two attached hydrogens (primary N) is 1. The summed E-state index contributed by atoms with van der Waals surface area (Å²) in [4.78, 5) is 16.8. The molecular formula is C22H25ClFN3O2. The van der Waals surface area contributed by atoms with Crippen LogP contribution in [0.5, 0.6) is 5.75 Å². The quantitative estimate of drug-likeness (QED) is 0.593. The van der Waals surface area contributed by atoms with Crippen molar-refractivity contribution in [2.75, 3.05) is 32.5 Å². The lowest BCUT2D eigenvalue weighted by atomic mass is 10.1. The maximum absolute atomic E-state index is 13.1. The van der Waals surface area contributed by atoms with E-state index < -0.39 is 0 Å². The van der Waals surface area contributed by atoms with Crippen LogP contribution in [-0.2, 0) is 11.3 Å². The molecule has 7 heteroatoms. The zero-order valence-electron chi connectivity index (χ0n) is 16.6. The summed E-state index contributed by atoms with van der Waals surface area (Å²) < 4.78 is 18.3. The Balaban J connectivity index is 1.61. The number of halogens is 2. The molecule has 1 aliphatic heterocycles. The standard InChI is InChI=1S/C22H25ClFN3O2/c1-15-13-26(14-16-3-6-18(24)7-4-16)9-10-27(15)22(28)8-5-17-11-21(29-2)19(23)12-20(17)25/h3-8,11-12,15H,9-10,13-14,25H2,1-2H3. The van der Waals surface area contributed by atoms with Gasteiger partial charge >= 0.3 is 0 Å². The Morgan fingerprint density at radius 3 is 2.69 bits per heavy atom. The largest absolute Gasteiger partial charge is 0.495 e. The van der Waals surface area contributed by atoms with Crippen molar-refractivity contribution in [1.82, 2.24) is 9.80 Å². The van der Waals surface area contributed by atoms with Gasteiger partial charge in [-0.15, -0.1) is 0 Å². The molecule has 1 fully saturated rings. The van der Waals surface area contributed by atoms with E-state index in [0.29, 0.717) is 28.6 Å². The Kier molecular flexibility index (Phi) is 6.77. The van der Waals surface area contributed by atoms with Crippen molar-refractivity contribution in [1.29, 1.82) is 0 Å². The van der Waals surface area contributed by atoms with Crippen LogP contribution in [0.2, 0.25) is 5.02 Å². The van der Waals surface area contributed by atoms with Crippen molar-refractivity contribution in [2.45, 2.75) is 19.5 Å². The van der Waals surface area contributed by atoms with Crippen LogP contribution >= 0.6 is 11.6 Å². The number of piperazine rings is 1. The zero-order chi connectivity index (χ0) is 21.0. The first-order chi connectivity index (χ1) is 13.9. The maximum atomic E-state index is 13.1. The maximum Gasteiger partial charge on any atom is 0.246 e. The first-order valence-electron chi connectivity index (χ1n) is 9.46. The second-order valence-electron chi connectivity index (χ2n) is 7.19. The molecule has 2 aromatic rings. The number of hydrogen-bond donors (Lipinski definition) is 1. The minimum absolute atomic E-state index is 0.0627. The molecule has 1 saturated heterocycles. The summed E-state index contributed by atoms with van der Waals surface area (Å²) >= 11 is 6.06. The molecule has 154 valence electrons. The fourth-order valence-corrected chi connectivity index (χ4v) is 3.74. The molecule has 29 heavy (non-hydrogen) atoms. The van der Waals surface area contributed by atoms with Crippen molar-refractivity contribution < 1.29 is 13.9 Å². The van der Waals surface area contributed by atoms with E-state index in [0.717, 1.165) is 25.2 Å². The summed E-state index contributed by atoms with van der Waals surface area (Å²) in [5, 5.41) is 0.430. The second-order valence-corrected chi connectivity index (χ2v) is 7.60. The van der Waals surface area contributed by atoms with E-state index >= 15 is 0 Å². The highest BCUT2D eigenvalue weighted by atomic mass is 35.5. The van der Waals surface area contributed by atoms with E-state index in [1.165, 1.54) is 25.3 Å². The number of nitrogen functional groups attached to an aromatic ring is 1. The molecule has 1 unspecified atom stereocenters. The predicted molar refractivity (Wildman–Crippen MR) is 114 cm³/mol. The first-order valence-corrected chi connectivity index (χ1v) is 9.83. The van der Waals surface area contributed by atoms with Crippen molar-refractivity contribution in [2.24, 2.45) is 0 Å². The molecule has 1 atom stereocenters. The molecule has 0 bridgehead atoms. The number of hydrogen-bond acceptors (Lipinski definition) is 4. The van der Waals surface area contributed by atoms with Gasteiger partial charge in [0.15, 0.2) is 0 Å². The topological polar surface area (TPSA) is 58.8 Å². The van der Waals surface area contributed by atoms with Crippen LogP contribution in [0.3, 0.4) is 0 Å². The van der Waals surface area contributed by atoms with Gasteiger partial charge in [0.1, 0.15) is 11.6 Å². The summed E-state index contributed by atoms with van der Waals surface area (Å²) in [5.41, 5.74) is 8.22. The highest BCUT2D eigenvalue weighted by Crippen LogP contribution is 2.30. The van der Waals surface area contributed by atoms with E-state index in [2.05, 4.69) is 4.90 Å². The fourth-order valence-electron chi connectivity index (χ4n) is 3.49.